The van der Waals surface area contributed by atoms with Gasteiger partial charge in [0, 0.05) is 14.2 Å². The van der Waals surface area contributed by atoms with Gasteiger partial charge in [-0.2, -0.15) is 0 Å². The van der Waals surface area contributed by atoms with E-state index in [9.17, 15) is 4.39 Å². The zero-order chi connectivity index (χ0) is 15.7. The minimum absolute atomic E-state index is 0.206. The van der Waals surface area contributed by atoms with Crippen LogP contribution in [0, 0.1) is 19.7 Å². The molecule has 2 nitrogen and oxygen atoms in total. The fourth-order valence-electron chi connectivity index (χ4n) is 1.80. The topological polar surface area (TPSA) is 18.5 Å². The average molecular weight is 290 g/mol. The van der Waals surface area contributed by atoms with Crippen LogP contribution in [0.5, 0.6) is 0 Å². The molecule has 0 aliphatic heterocycles. The van der Waals surface area contributed by atoms with Crippen molar-refractivity contribution >= 4 is 0 Å². The lowest BCUT2D eigenvalue weighted by molar-refractivity contribution is 0.184. The Kier molecular flexibility index (Phi) is 7.65. The van der Waals surface area contributed by atoms with E-state index >= 15 is 0 Å². The molecule has 0 fully saturated rings. The number of hydrogen-bond donors (Lipinski definition) is 0. The van der Waals surface area contributed by atoms with Gasteiger partial charge in [0.2, 0.25) is 0 Å². The Balaban J connectivity index is 0.000000211. The number of methoxy groups -OCH3 is 2. The second kappa shape index (κ2) is 9.27. The van der Waals surface area contributed by atoms with Crippen LogP contribution in [0.3, 0.4) is 0 Å². The van der Waals surface area contributed by atoms with Crippen molar-refractivity contribution < 1.29 is 13.9 Å². The Morgan fingerprint density at radius 3 is 2.05 bits per heavy atom. The van der Waals surface area contributed by atoms with Gasteiger partial charge in [0.15, 0.2) is 0 Å². The molecule has 2 rings (SSSR count). The van der Waals surface area contributed by atoms with Gasteiger partial charge in [-0.05, 0) is 42.7 Å². The summed E-state index contributed by atoms with van der Waals surface area (Å²) in [5.41, 5.74) is 4.49. The molecule has 0 aliphatic rings. The molecule has 0 saturated carbocycles. The highest BCUT2D eigenvalue weighted by atomic mass is 19.1. The van der Waals surface area contributed by atoms with Crippen LogP contribution in [0.25, 0.3) is 0 Å². The van der Waals surface area contributed by atoms with Gasteiger partial charge >= 0.3 is 0 Å². The first-order valence-corrected chi connectivity index (χ1v) is 6.85. The first kappa shape index (κ1) is 17.3. The highest BCUT2D eigenvalue weighted by molar-refractivity contribution is 5.25. The summed E-state index contributed by atoms with van der Waals surface area (Å²) >= 11 is 0. The van der Waals surface area contributed by atoms with Crippen molar-refractivity contribution in [2.24, 2.45) is 0 Å². The van der Waals surface area contributed by atoms with E-state index in [2.05, 4.69) is 31.2 Å². The summed E-state index contributed by atoms with van der Waals surface area (Å²) in [6, 6.07) is 13.1. The van der Waals surface area contributed by atoms with Crippen molar-refractivity contribution in [1.82, 2.24) is 0 Å². The van der Waals surface area contributed by atoms with Gasteiger partial charge < -0.3 is 9.47 Å². The quantitative estimate of drug-likeness (QED) is 0.829. The number of halogens is 1. The van der Waals surface area contributed by atoms with Crippen LogP contribution in [-0.2, 0) is 22.7 Å². The molecule has 0 spiro atoms. The lowest BCUT2D eigenvalue weighted by atomic mass is 10.1. The van der Waals surface area contributed by atoms with Crippen molar-refractivity contribution in [2.75, 3.05) is 14.2 Å². The monoisotopic (exact) mass is 290 g/mol. The molecule has 0 unspecified atom stereocenters. The van der Waals surface area contributed by atoms with Gasteiger partial charge in [0.05, 0.1) is 13.2 Å². The normalized spacial score (nSPS) is 9.95. The van der Waals surface area contributed by atoms with Crippen molar-refractivity contribution in [1.29, 1.82) is 0 Å². The zero-order valence-electron chi connectivity index (χ0n) is 13.2. The lowest BCUT2D eigenvalue weighted by Gasteiger charge is -2.03. The Morgan fingerprint density at radius 2 is 1.48 bits per heavy atom. The van der Waals surface area contributed by atoms with Crippen LogP contribution in [0.2, 0.25) is 0 Å². The Morgan fingerprint density at radius 1 is 0.857 bits per heavy atom. The molecular weight excluding hydrogens is 267 g/mol. The molecule has 21 heavy (non-hydrogen) atoms. The third-order valence-electron chi connectivity index (χ3n) is 3.04. The van der Waals surface area contributed by atoms with Crippen LogP contribution in [-0.4, -0.2) is 14.2 Å². The standard InChI is InChI=1S/C9H11FO.C9H12O/c1-7-3-4-9(10)5-8(7)6-11-2;1-8-3-5-9(6-4-8)7-10-2/h3-5H,6H2,1-2H3;3-6H,7H2,1-2H3. The summed E-state index contributed by atoms with van der Waals surface area (Å²) in [5, 5.41) is 0. The van der Waals surface area contributed by atoms with Gasteiger partial charge in [-0.15, -0.1) is 0 Å². The molecular formula is C18H23FO2. The van der Waals surface area contributed by atoms with Gasteiger partial charge in [-0.1, -0.05) is 35.9 Å². The average Bonchev–Trinajstić information content (AvgIpc) is 2.47. The lowest BCUT2D eigenvalue weighted by Crippen LogP contribution is -1.92. The van der Waals surface area contributed by atoms with E-state index in [0.29, 0.717) is 13.2 Å². The Bertz CT molecular complexity index is 535. The van der Waals surface area contributed by atoms with Crippen LogP contribution < -0.4 is 0 Å². The maximum Gasteiger partial charge on any atom is 0.123 e. The minimum atomic E-state index is -0.206. The maximum atomic E-state index is 12.6. The minimum Gasteiger partial charge on any atom is -0.380 e. The number of benzene rings is 2. The van der Waals surface area contributed by atoms with E-state index < -0.39 is 0 Å². The van der Waals surface area contributed by atoms with Crippen molar-refractivity contribution in [3.8, 4) is 0 Å². The molecule has 0 N–H and O–H groups in total. The summed E-state index contributed by atoms with van der Waals surface area (Å²) in [7, 11) is 3.31. The summed E-state index contributed by atoms with van der Waals surface area (Å²) in [5.74, 6) is -0.206. The van der Waals surface area contributed by atoms with Gasteiger partial charge in [-0.3, -0.25) is 0 Å². The van der Waals surface area contributed by atoms with Crippen LogP contribution in [0.15, 0.2) is 42.5 Å². The second-order valence-corrected chi connectivity index (χ2v) is 4.92. The highest BCUT2D eigenvalue weighted by Gasteiger charge is 1.98. The SMILES string of the molecule is COCc1cc(F)ccc1C.COCc1ccc(C)cc1. The molecule has 0 aromatic heterocycles. The van der Waals surface area contributed by atoms with E-state index in [-0.39, 0.29) is 5.82 Å². The molecule has 114 valence electrons. The Labute approximate surface area is 126 Å². The summed E-state index contributed by atoms with van der Waals surface area (Å²) < 4.78 is 22.5. The molecule has 0 aliphatic carbocycles. The predicted molar refractivity (Wildman–Crippen MR) is 83.7 cm³/mol. The predicted octanol–water partition coefficient (Wildman–Crippen LogP) is 4.42. The van der Waals surface area contributed by atoms with Crippen molar-refractivity contribution in [2.45, 2.75) is 27.1 Å². The molecule has 0 atom stereocenters. The molecule has 0 amide bonds. The van der Waals surface area contributed by atoms with Gasteiger partial charge in [-0.25, -0.2) is 4.39 Å². The zero-order valence-corrected chi connectivity index (χ0v) is 13.2. The van der Waals surface area contributed by atoms with Gasteiger partial charge in [0.1, 0.15) is 5.82 Å². The molecule has 0 saturated heterocycles. The van der Waals surface area contributed by atoms with Crippen molar-refractivity contribution in [3.63, 3.8) is 0 Å². The molecule has 0 heterocycles. The van der Waals surface area contributed by atoms with E-state index in [1.165, 1.54) is 23.3 Å². The highest BCUT2D eigenvalue weighted by Crippen LogP contribution is 2.10. The summed E-state index contributed by atoms with van der Waals surface area (Å²) in [6.45, 7) is 5.20. The second-order valence-electron chi connectivity index (χ2n) is 4.92. The van der Waals surface area contributed by atoms with Crippen molar-refractivity contribution in [3.05, 3.63) is 70.5 Å². The first-order chi connectivity index (χ1) is 10.1. The fraction of sp³-hybridized carbons (Fsp3) is 0.333. The van der Waals surface area contributed by atoms with Crippen LogP contribution in [0.1, 0.15) is 22.3 Å². The van der Waals surface area contributed by atoms with E-state index in [1.807, 2.05) is 6.92 Å². The molecule has 0 radical (unpaired) electrons. The summed E-state index contributed by atoms with van der Waals surface area (Å²) in [4.78, 5) is 0. The number of ether oxygens (including phenoxy) is 2. The number of aryl methyl sites for hydroxylation is 2. The van der Waals surface area contributed by atoms with Crippen LogP contribution in [0.4, 0.5) is 4.39 Å². The van der Waals surface area contributed by atoms with Gasteiger partial charge in [0.25, 0.3) is 0 Å². The fourth-order valence-corrected chi connectivity index (χ4v) is 1.80. The Hall–Kier alpha value is -1.71. The molecule has 0 bridgehead atoms. The largest absolute Gasteiger partial charge is 0.380 e. The first-order valence-electron chi connectivity index (χ1n) is 6.85. The summed E-state index contributed by atoms with van der Waals surface area (Å²) in [6.07, 6.45) is 0. The third kappa shape index (κ3) is 6.52. The molecule has 2 aromatic rings. The maximum absolute atomic E-state index is 12.6. The van der Waals surface area contributed by atoms with E-state index in [1.54, 1.807) is 20.3 Å². The third-order valence-corrected chi connectivity index (χ3v) is 3.04. The van der Waals surface area contributed by atoms with Crippen LogP contribution >= 0.6 is 0 Å². The smallest absolute Gasteiger partial charge is 0.123 e. The molecule has 3 heteroatoms. The van der Waals surface area contributed by atoms with E-state index in [0.717, 1.165) is 11.1 Å². The van der Waals surface area contributed by atoms with E-state index in [4.69, 9.17) is 9.47 Å². The number of rotatable bonds is 4. The molecule has 2 aromatic carbocycles. The number of hydrogen-bond acceptors (Lipinski definition) is 2.